The fourth-order valence-corrected chi connectivity index (χ4v) is 4.47. The molecule has 5 heteroatoms. The number of hydrogen-bond donors (Lipinski definition) is 0. The van der Waals surface area contributed by atoms with E-state index in [2.05, 4.69) is 21.9 Å². The van der Waals surface area contributed by atoms with E-state index in [9.17, 15) is 8.42 Å². The van der Waals surface area contributed by atoms with E-state index < -0.39 is 10.0 Å². The van der Waals surface area contributed by atoms with Crippen molar-refractivity contribution in [1.82, 2.24) is 4.31 Å². The highest BCUT2D eigenvalue weighted by molar-refractivity contribution is 9.10. The van der Waals surface area contributed by atoms with Gasteiger partial charge in [0.15, 0.2) is 0 Å². The molecule has 0 unspecified atom stereocenters. The van der Waals surface area contributed by atoms with Gasteiger partial charge < -0.3 is 0 Å². The minimum Gasteiger partial charge on any atom is -0.207 e. The smallest absolute Gasteiger partial charge is 0.207 e. The van der Waals surface area contributed by atoms with Crippen molar-refractivity contribution in [2.75, 3.05) is 6.54 Å². The van der Waals surface area contributed by atoms with E-state index in [1.54, 1.807) is 24.3 Å². The summed E-state index contributed by atoms with van der Waals surface area (Å²) in [5.74, 6) is 2.49. The van der Waals surface area contributed by atoms with Gasteiger partial charge in [0.05, 0.1) is 11.4 Å². The molecule has 0 spiro atoms. The van der Waals surface area contributed by atoms with Gasteiger partial charge in [0.1, 0.15) is 0 Å². The van der Waals surface area contributed by atoms with Crippen LogP contribution in [0.1, 0.15) is 32.1 Å². The van der Waals surface area contributed by atoms with Gasteiger partial charge in [-0.3, -0.25) is 0 Å². The first-order valence-electron chi connectivity index (χ1n) is 6.76. The van der Waals surface area contributed by atoms with Crippen LogP contribution in [0.5, 0.6) is 0 Å². The summed E-state index contributed by atoms with van der Waals surface area (Å²) in [5, 5.41) is 0. The highest BCUT2D eigenvalue weighted by Gasteiger charge is 2.31. The van der Waals surface area contributed by atoms with E-state index >= 15 is 0 Å². The minimum atomic E-state index is -3.51. The van der Waals surface area contributed by atoms with Crippen LogP contribution in [0.25, 0.3) is 0 Å². The maximum atomic E-state index is 12.7. The van der Waals surface area contributed by atoms with Crippen LogP contribution in [0.2, 0.25) is 0 Å². The Kier molecular flexibility index (Phi) is 5.25. The van der Waals surface area contributed by atoms with Gasteiger partial charge >= 0.3 is 0 Å². The fraction of sp³-hybridized carbons (Fsp3) is 0.467. The largest absolute Gasteiger partial charge is 0.244 e. The second-order valence-corrected chi connectivity index (χ2v) is 7.81. The number of halogens is 1. The SMILES string of the molecule is C#CCN(C1CCCCC1)S(=O)(=O)c1ccc(Br)cc1. The van der Waals surface area contributed by atoms with E-state index in [0.717, 1.165) is 30.2 Å². The second-order valence-electron chi connectivity index (χ2n) is 5.00. The summed E-state index contributed by atoms with van der Waals surface area (Å²) in [6, 6.07) is 6.75. The molecule has 0 amide bonds. The van der Waals surface area contributed by atoms with Gasteiger partial charge in [-0.2, -0.15) is 4.31 Å². The Morgan fingerprint density at radius 2 is 1.80 bits per heavy atom. The monoisotopic (exact) mass is 355 g/mol. The molecule has 1 aliphatic carbocycles. The second kappa shape index (κ2) is 6.75. The molecule has 3 nitrogen and oxygen atoms in total. The standard InChI is InChI=1S/C15H18BrNO2S/c1-2-12-17(14-6-4-3-5-7-14)20(18,19)15-10-8-13(16)9-11-15/h1,8-11,14H,3-7,12H2. The summed E-state index contributed by atoms with van der Waals surface area (Å²) in [5.41, 5.74) is 0. The van der Waals surface area contributed by atoms with E-state index in [-0.39, 0.29) is 12.6 Å². The highest BCUT2D eigenvalue weighted by Crippen LogP contribution is 2.28. The molecule has 0 radical (unpaired) electrons. The average molecular weight is 356 g/mol. The molecular weight excluding hydrogens is 338 g/mol. The Morgan fingerprint density at radius 3 is 2.35 bits per heavy atom. The van der Waals surface area contributed by atoms with Crippen molar-refractivity contribution in [1.29, 1.82) is 0 Å². The molecule has 2 rings (SSSR count). The minimum absolute atomic E-state index is 0.0356. The molecule has 0 N–H and O–H groups in total. The van der Waals surface area contributed by atoms with Crippen molar-refractivity contribution in [2.24, 2.45) is 0 Å². The number of nitrogens with zero attached hydrogens (tertiary/aromatic N) is 1. The lowest BCUT2D eigenvalue weighted by Gasteiger charge is -2.32. The van der Waals surface area contributed by atoms with Gasteiger partial charge in [0.25, 0.3) is 0 Å². The summed E-state index contributed by atoms with van der Waals surface area (Å²) in [6.07, 6.45) is 10.5. The molecule has 0 aromatic heterocycles. The van der Waals surface area contributed by atoms with Crippen LogP contribution in [0, 0.1) is 12.3 Å². The van der Waals surface area contributed by atoms with Gasteiger partial charge in [0.2, 0.25) is 10.0 Å². The Bertz CT molecular complexity index is 583. The van der Waals surface area contributed by atoms with E-state index in [1.807, 2.05) is 0 Å². The maximum Gasteiger partial charge on any atom is 0.244 e. The van der Waals surface area contributed by atoms with E-state index in [0.29, 0.717) is 4.90 Å². The topological polar surface area (TPSA) is 37.4 Å². The Hall–Kier alpha value is -0.830. The molecule has 1 aliphatic rings. The van der Waals surface area contributed by atoms with Crippen LogP contribution in [0.3, 0.4) is 0 Å². The first-order valence-corrected chi connectivity index (χ1v) is 9.00. The third-order valence-corrected chi connectivity index (χ3v) is 6.09. The molecule has 1 saturated carbocycles. The van der Waals surface area contributed by atoms with Gasteiger partial charge in [0, 0.05) is 10.5 Å². The molecule has 0 saturated heterocycles. The zero-order valence-electron chi connectivity index (χ0n) is 11.3. The third kappa shape index (κ3) is 3.43. The van der Waals surface area contributed by atoms with Crippen molar-refractivity contribution in [3.8, 4) is 12.3 Å². The van der Waals surface area contributed by atoms with Gasteiger partial charge in [-0.05, 0) is 37.1 Å². The van der Waals surface area contributed by atoms with Crippen LogP contribution in [-0.2, 0) is 10.0 Å². The molecule has 0 heterocycles. The molecule has 0 atom stereocenters. The average Bonchev–Trinajstić information content (AvgIpc) is 2.46. The van der Waals surface area contributed by atoms with Crippen LogP contribution < -0.4 is 0 Å². The van der Waals surface area contributed by atoms with Crippen LogP contribution >= 0.6 is 15.9 Å². The van der Waals surface area contributed by atoms with Crippen molar-refractivity contribution >= 4 is 26.0 Å². The Labute approximate surface area is 129 Å². The fourth-order valence-electron chi connectivity index (χ4n) is 2.61. The zero-order chi connectivity index (χ0) is 14.6. The normalized spacial score (nSPS) is 17.1. The lowest BCUT2D eigenvalue weighted by atomic mass is 9.95. The van der Waals surface area contributed by atoms with Crippen LogP contribution in [-0.4, -0.2) is 25.3 Å². The molecule has 1 aromatic rings. The molecular formula is C15H18BrNO2S. The lowest BCUT2D eigenvalue weighted by molar-refractivity contribution is 0.271. The van der Waals surface area contributed by atoms with E-state index in [1.165, 1.54) is 10.7 Å². The number of benzene rings is 1. The molecule has 20 heavy (non-hydrogen) atoms. The van der Waals surface area contributed by atoms with Crippen LogP contribution in [0.4, 0.5) is 0 Å². The number of rotatable bonds is 4. The predicted molar refractivity (Wildman–Crippen MR) is 83.7 cm³/mol. The summed E-state index contributed by atoms with van der Waals surface area (Å²) >= 11 is 3.32. The van der Waals surface area contributed by atoms with Gasteiger partial charge in [-0.1, -0.05) is 41.1 Å². The lowest BCUT2D eigenvalue weighted by Crippen LogP contribution is -2.41. The number of hydrogen-bond acceptors (Lipinski definition) is 2. The molecule has 108 valence electrons. The zero-order valence-corrected chi connectivity index (χ0v) is 13.7. The van der Waals surface area contributed by atoms with Crippen LogP contribution in [0.15, 0.2) is 33.6 Å². The molecule has 0 bridgehead atoms. The molecule has 1 aromatic carbocycles. The summed E-state index contributed by atoms with van der Waals surface area (Å²) in [7, 11) is -3.51. The Balaban J connectivity index is 2.31. The quantitative estimate of drug-likeness (QED) is 0.776. The van der Waals surface area contributed by atoms with Crippen molar-refractivity contribution in [3.63, 3.8) is 0 Å². The first-order chi connectivity index (χ1) is 9.55. The van der Waals surface area contributed by atoms with Crippen molar-refractivity contribution in [3.05, 3.63) is 28.7 Å². The first kappa shape index (κ1) is 15.6. The summed E-state index contributed by atoms with van der Waals surface area (Å²) < 4.78 is 27.9. The molecule has 0 aliphatic heterocycles. The number of sulfonamides is 1. The maximum absolute atomic E-state index is 12.7. The van der Waals surface area contributed by atoms with Crippen molar-refractivity contribution in [2.45, 2.75) is 43.0 Å². The number of terminal acetylenes is 1. The van der Waals surface area contributed by atoms with Gasteiger partial charge in [-0.25, -0.2) is 8.42 Å². The highest BCUT2D eigenvalue weighted by atomic mass is 79.9. The molecule has 1 fully saturated rings. The van der Waals surface area contributed by atoms with Crippen molar-refractivity contribution < 1.29 is 8.42 Å². The van der Waals surface area contributed by atoms with Gasteiger partial charge in [-0.15, -0.1) is 6.42 Å². The predicted octanol–water partition coefficient (Wildman–Crippen LogP) is 3.41. The van der Waals surface area contributed by atoms with E-state index in [4.69, 9.17) is 6.42 Å². The third-order valence-electron chi connectivity index (χ3n) is 3.65. The Morgan fingerprint density at radius 1 is 1.20 bits per heavy atom. The summed E-state index contributed by atoms with van der Waals surface area (Å²) in [6.45, 7) is 0.142. The summed E-state index contributed by atoms with van der Waals surface area (Å²) in [4.78, 5) is 0.307.